The molecule has 1 fully saturated rings. The van der Waals surface area contributed by atoms with Crippen molar-refractivity contribution in [3.63, 3.8) is 0 Å². The van der Waals surface area contributed by atoms with Crippen molar-refractivity contribution in [3.8, 4) is 0 Å². The van der Waals surface area contributed by atoms with Crippen LogP contribution in [-0.2, 0) is 10.2 Å². The van der Waals surface area contributed by atoms with Gasteiger partial charge in [-0.2, -0.15) is 17.0 Å². The number of amidine groups is 1. The van der Waals surface area contributed by atoms with Crippen LogP contribution in [0.4, 0.5) is 0 Å². The molecule has 0 amide bonds. The van der Waals surface area contributed by atoms with Gasteiger partial charge in [0.15, 0.2) is 0 Å². The SMILES string of the molecule is CC(C)N(CCC(=N)N)S(=O)(=O)N1CCCC1. The maximum Gasteiger partial charge on any atom is 0.282 e. The standard InChI is InChI=1S/C10H22N4O2S/c1-9(2)14(8-5-10(11)12)17(15,16)13-6-3-4-7-13/h9H,3-8H2,1-2H3,(H3,11,12). The monoisotopic (exact) mass is 262 g/mol. The molecule has 3 N–H and O–H groups in total. The summed E-state index contributed by atoms with van der Waals surface area (Å²) in [7, 11) is -3.38. The first-order valence-electron chi connectivity index (χ1n) is 5.95. The van der Waals surface area contributed by atoms with Gasteiger partial charge in [0.25, 0.3) is 10.2 Å². The lowest BCUT2D eigenvalue weighted by Gasteiger charge is -2.30. The van der Waals surface area contributed by atoms with E-state index in [4.69, 9.17) is 11.1 Å². The third-order valence-corrected chi connectivity index (χ3v) is 5.08. The molecule has 7 heteroatoms. The van der Waals surface area contributed by atoms with Crippen molar-refractivity contribution in [2.75, 3.05) is 19.6 Å². The normalized spacial score (nSPS) is 18.1. The minimum atomic E-state index is -3.38. The Balaban J connectivity index is 2.77. The zero-order chi connectivity index (χ0) is 13.1. The van der Waals surface area contributed by atoms with E-state index in [1.807, 2.05) is 13.8 Å². The molecule has 0 unspecified atom stereocenters. The van der Waals surface area contributed by atoms with E-state index in [0.717, 1.165) is 12.8 Å². The average Bonchev–Trinajstić information content (AvgIpc) is 2.69. The minimum Gasteiger partial charge on any atom is -0.388 e. The fourth-order valence-corrected chi connectivity index (χ4v) is 3.81. The van der Waals surface area contributed by atoms with Crippen molar-refractivity contribution in [2.45, 2.75) is 39.2 Å². The van der Waals surface area contributed by atoms with Crippen molar-refractivity contribution in [3.05, 3.63) is 0 Å². The molecule has 17 heavy (non-hydrogen) atoms. The Morgan fingerprint density at radius 1 is 1.41 bits per heavy atom. The highest BCUT2D eigenvalue weighted by atomic mass is 32.2. The Morgan fingerprint density at radius 3 is 2.35 bits per heavy atom. The minimum absolute atomic E-state index is 0.0206. The van der Waals surface area contributed by atoms with Crippen LogP contribution in [-0.4, -0.2) is 48.5 Å². The number of hydrogen-bond acceptors (Lipinski definition) is 3. The summed E-state index contributed by atoms with van der Waals surface area (Å²) in [6.45, 7) is 5.17. The van der Waals surface area contributed by atoms with Crippen LogP contribution < -0.4 is 5.73 Å². The van der Waals surface area contributed by atoms with Crippen molar-refractivity contribution in [2.24, 2.45) is 5.73 Å². The Kier molecular flexibility index (Phi) is 4.91. The van der Waals surface area contributed by atoms with Gasteiger partial charge in [-0.15, -0.1) is 0 Å². The summed E-state index contributed by atoms with van der Waals surface area (Å²) in [6.07, 6.45) is 2.14. The summed E-state index contributed by atoms with van der Waals surface area (Å²) >= 11 is 0. The summed E-state index contributed by atoms with van der Waals surface area (Å²) in [4.78, 5) is 0. The average molecular weight is 262 g/mol. The second-order valence-corrected chi connectivity index (χ2v) is 6.47. The number of nitrogens with two attached hydrogens (primary N) is 1. The van der Waals surface area contributed by atoms with E-state index in [0.29, 0.717) is 13.1 Å². The second-order valence-electron chi connectivity index (χ2n) is 4.59. The fourth-order valence-electron chi connectivity index (χ4n) is 1.94. The van der Waals surface area contributed by atoms with Crippen LogP contribution in [0.3, 0.4) is 0 Å². The molecule has 0 saturated carbocycles. The molecule has 0 spiro atoms. The van der Waals surface area contributed by atoms with E-state index >= 15 is 0 Å². The van der Waals surface area contributed by atoms with Crippen LogP contribution in [0.15, 0.2) is 0 Å². The molecule has 0 aliphatic carbocycles. The summed E-state index contributed by atoms with van der Waals surface area (Å²) in [5, 5.41) is 7.19. The number of hydrogen-bond donors (Lipinski definition) is 2. The van der Waals surface area contributed by atoms with Gasteiger partial charge < -0.3 is 5.73 Å². The lowest BCUT2D eigenvalue weighted by Crippen LogP contribution is -2.46. The molecule has 1 saturated heterocycles. The Morgan fingerprint density at radius 2 is 1.94 bits per heavy atom. The Bertz CT molecular complexity index is 361. The third-order valence-electron chi connectivity index (χ3n) is 2.87. The first-order chi connectivity index (χ1) is 7.85. The van der Waals surface area contributed by atoms with Crippen LogP contribution in [0, 0.1) is 5.41 Å². The quantitative estimate of drug-likeness (QED) is 0.535. The molecule has 1 rings (SSSR count). The topological polar surface area (TPSA) is 90.5 Å². The van der Waals surface area contributed by atoms with Gasteiger partial charge in [-0.25, -0.2) is 0 Å². The summed E-state index contributed by atoms with van der Waals surface area (Å²) < 4.78 is 27.6. The van der Waals surface area contributed by atoms with Crippen molar-refractivity contribution < 1.29 is 8.42 Å². The van der Waals surface area contributed by atoms with E-state index in [9.17, 15) is 8.42 Å². The highest BCUT2D eigenvalue weighted by molar-refractivity contribution is 7.86. The zero-order valence-corrected chi connectivity index (χ0v) is 11.3. The summed E-state index contributed by atoms with van der Waals surface area (Å²) in [6, 6.07) is -0.111. The van der Waals surface area contributed by atoms with E-state index in [1.165, 1.54) is 8.61 Å². The largest absolute Gasteiger partial charge is 0.388 e. The number of nitrogens with zero attached hydrogens (tertiary/aromatic N) is 2. The molecule has 1 aliphatic heterocycles. The van der Waals surface area contributed by atoms with Crippen molar-refractivity contribution in [1.82, 2.24) is 8.61 Å². The van der Waals surface area contributed by atoms with Gasteiger partial charge in [-0.05, 0) is 26.7 Å². The van der Waals surface area contributed by atoms with Crippen LogP contribution in [0.2, 0.25) is 0 Å². The van der Waals surface area contributed by atoms with Gasteiger partial charge in [-0.1, -0.05) is 0 Å². The van der Waals surface area contributed by atoms with E-state index in [-0.39, 0.29) is 24.8 Å². The molecule has 0 bridgehead atoms. The molecular weight excluding hydrogens is 240 g/mol. The predicted molar refractivity (Wildman–Crippen MR) is 68.1 cm³/mol. The lowest BCUT2D eigenvalue weighted by molar-refractivity contribution is 0.324. The van der Waals surface area contributed by atoms with Gasteiger partial charge in [-0.3, -0.25) is 5.41 Å². The molecule has 0 aromatic heterocycles. The predicted octanol–water partition coefficient (Wildman–Crippen LogP) is 0.363. The van der Waals surface area contributed by atoms with Crippen LogP contribution >= 0.6 is 0 Å². The maximum atomic E-state index is 12.3. The first kappa shape index (κ1) is 14.4. The molecular formula is C10H22N4O2S. The van der Waals surface area contributed by atoms with Crippen LogP contribution in [0.5, 0.6) is 0 Å². The molecule has 100 valence electrons. The molecule has 6 nitrogen and oxygen atoms in total. The smallest absolute Gasteiger partial charge is 0.282 e. The van der Waals surface area contributed by atoms with Crippen molar-refractivity contribution >= 4 is 16.0 Å². The number of rotatable bonds is 6. The van der Waals surface area contributed by atoms with Gasteiger partial charge in [0, 0.05) is 32.1 Å². The van der Waals surface area contributed by atoms with Gasteiger partial charge >= 0.3 is 0 Å². The molecule has 0 aromatic rings. The third kappa shape index (κ3) is 3.65. The highest BCUT2D eigenvalue weighted by Gasteiger charge is 2.32. The zero-order valence-electron chi connectivity index (χ0n) is 10.5. The first-order valence-corrected chi connectivity index (χ1v) is 7.35. The van der Waals surface area contributed by atoms with Crippen LogP contribution in [0.1, 0.15) is 33.1 Å². The van der Waals surface area contributed by atoms with Crippen molar-refractivity contribution in [1.29, 1.82) is 5.41 Å². The van der Waals surface area contributed by atoms with Gasteiger partial charge in [0.05, 0.1) is 5.84 Å². The molecule has 0 atom stereocenters. The second kappa shape index (κ2) is 5.79. The molecule has 0 radical (unpaired) electrons. The number of nitrogens with one attached hydrogen (secondary N) is 1. The Hall–Kier alpha value is -0.660. The lowest BCUT2D eigenvalue weighted by atomic mass is 10.3. The summed E-state index contributed by atoms with van der Waals surface area (Å²) in [5.74, 6) is 0.0206. The maximum absolute atomic E-state index is 12.3. The van der Waals surface area contributed by atoms with Crippen LogP contribution in [0.25, 0.3) is 0 Å². The Labute approximate surface area is 103 Å². The summed E-state index contributed by atoms with van der Waals surface area (Å²) in [5.41, 5.74) is 5.29. The van der Waals surface area contributed by atoms with Gasteiger partial charge in [0.2, 0.25) is 0 Å². The van der Waals surface area contributed by atoms with E-state index in [1.54, 1.807) is 0 Å². The van der Waals surface area contributed by atoms with E-state index < -0.39 is 10.2 Å². The molecule has 1 aliphatic rings. The molecule has 1 heterocycles. The van der Waals surface area contributed by atoms with Gasteiger partial charge in [0.1, 0.15) is 0 Å². The highest BCUT2D eigenvalue weighted by Crippen LogP contribution is 2.18. The fraction of sp³-hybridized carbons (Fsp3) is 0.900. The van der Waals surface area contributed by atoms with E-state index in [2.05, 4.69) is 0 Å². The molecule has 0 aromatic carbocycles.